The average molecular weight is 122 g/mol. The Hall–Kier alpha value is 0.517. The zero-order valence-electron chi connectivity index (χ0n) is 6.86. The second kappa shape index (κ2) is 4.35. The van der Waals surface area contributed by atoms with Crippen molar-refractivity contribution in [2.75, 3.05) is 0 Å². The van der Waals surface area contributed by atoms with Crippen LogP contribution in [0.4, 0.5) is 0 Å². The van der Waals surface area contributed by atoms with Crippen molar-refractivity contribution in [1.29, 1.82) is 0 Å². The molecular weight excluding hydrogens is 107 g/mol. The Bertz CT molecular complexity index is 71.5. The van der Waals surface area contributed by atoms with Gasteiger partial charge < -0.3 is 11.5 Å². The van der Waals surface area contributed by atoms with Crippen molar-refractivity contribution in [3.8, 4) is 0 Å². The SMILES string of the molecule is CCC(C)([NH-])C(C)N.[Li+]. The minimum atomic E-state index is -0.431. The third-order valence-electron chi connectivity index (χ3n) is 1.74. The normalized spacial score (nSPS) is 19.7. The second-order valence-corrected chi connectivity index (χ2v) is 2.56. The van der Waals surface area contributed by atoms with Crippen molar-refractivity contribution in [2.24, 2.45) is 5.73 Å². The Morgan fingerprint density at radius 2 is 2.00 bits per heavy atom. The molecule has 2 nitrogen and oxygen atoms in total. The van der Waals surface area contributed by atoms with Gasteiger partial charge in [0.05, 0.1) is 0 Å². The number of nitrogens with two attached hydrogens (primary N) is 1. The maximum absolute atomic E-state index is 7.50. The standard InChI is InChI=1S/C6H15N2.Li/c1-4-6(3,8)5(2)7;/h5,8H,4,7H2,1-3H3;/q-1;+1. The van der Waals surface area contributed by atoms with Gasteiger partial charge in [-0.25, -0.2) is 0 Å². The molecule has 0 spiro atoms. The molecule has 2 unspecified atom stereocenters. The van der Waals surface area contributed by atoms with E-state index in [2.05, 4.69) is 0 Å². The number of rotatable bonds is 2. The summed E-state index contributed by atoms with van der Waals surface area (Å²) in [6.07, 6.45) is 0.824. The molecule has 0 aromatic carbocycles. The van der Waals surface area contributed by atoms with E-state index in [1.54, 1.807) is 0 Å². The fourth-order valence-electron chi connectivity index (χ4n) is 0.322. The molecule has 3 heteroatoms. The molecule has 0 aromatic heterocycles. The summed E-state index contributed by atoms with van der Waals surface area (Å²) in [5.41, 5.74) is 12.6. The summed E-state index contributed by atoms with van der Waals surface area (Å²) in [6, 6.07) is -0.0208. The van der Waals surface area contributed by atoms with Crippen LogP contribution in [-0.4, -0.2) is 11.6 Å². The first-order valence-corrected chi connectivity index (χ1v) is 3.01. The first-order chi connectivity index (χ1) is 3.50. The van der Waals surface area contributed by atoms with Gasteiger partial charge in [0.25, 0.3) is 0 Å². The van der Waals surface area contributed by atoms with Crippen molar-refractivity contribution < 1.29 is 18.9 Å². The maximum Gasteiger partial charge on any atom is 1.00 e. The molecule has 50 valence electrons. The molecule has 0 aromatic rings. The zero-order chi connectivity index (χ0) is 6.78. The van der Waals surface area contributed by atoms with E-state index in [0.717, 1.165) is 6.42 Å². The molecule has 0 aliphatic carbocycles. The van der Waals surface area contributed by atoms with Crippen molar-refractivity contribution in [3.63, 3.8) is 0 Å². The molecule has 2 atom stereocenters. The Kier molecular flexibility index (Phi) is 5.91. The van der Waals surface area contributed by atoms with Crippen LogP contribution in [-0.2, 0) is 0 Å². The molecule has 0 fully saturated rings. The Balaban J connectivity index is 0. The monoisotopic (exact) mass is 122 g/mol. The van der Waals surface area contributed by atoms with Crippen molar-refractivity contribution in [3.05, 3.63) is 5.73 Å². The fourth-order valence-corrected chi connectivity index (χ4v) is 0.322. The first kappa shape index (κ1) is 12.2. The van der Waals surface area contributed by atoms with Gasteiger partial charge >= 0.3 is 18.9 Å². The molecule has 0 radical (unpaired) electrons. The van der Waals surface area contributed by atoms with E-state index in [1.165, 1.54) is 0 Å². The van der Waals surface area contributed by atoms with E-state index < -0.39 is 5.54 Å². The van der Waals surface area contributed by atoms with Crippen LogP contribution in [0.2, 0.25) is 0 Å². The van der Waals surface area contributed by atoms with Crippen LogP contribution in [0.3, 0.4) is 0 Å². The number of hydrogen-bond donors (Lipinski definition) is 1. The van der Waals surface area contributed by atoms with Gasteiger partial charge in [0, 0.05) is 0 Å². The van der Waals surface area contributed by atoms with Gasteiger partial charge in [-0.2, -0.15) is 0 Å². The Morgan fingerprint density at radius 1 is 1.67 bits per heavy atom. The van der Waals surface area contributed by atoms with Crippen LogP contribution in [0.5, 0.6) is 0 Å². The fraction of sp³-hybridized carbons (Fsp3) is 1.00. The van der Waals surface area contributed by atoms with Gasteiger partial charge in [-0.15, -0.1) is 5.54 Å². The van der Waals surface area contributed by atoms with Crippen LogP contribution in [0.25, 0.3) is 5.73 Å². The van der Waals surface area contributed by atoms with Gasteiger partial charge in [-0.3, -0.25) is 0 Å². The van der Waals surface area contributed by atoms with Gasteiger partial charge in [-0.1, -0.05) is 27.2 Å². The minimum Gasteiger partial charge on any atom is -0.671 e. The third kappa shape index (κ3) is 3.99. The predicted octanol–water partition coefficient (Wildman–Crippen LogP) is -1.44. The van der Waals surface area contributed by atoms with E-state index in [0.29, 0.717) is 0 Å². The summed E-state index contributed by atoms with van der Waals surface area (Å²) >= 11 is 0. The summed E-state index contributed by atoms with van der Waals surface area (Å²) in [7, 11) is 0. The maximum atomic E-state index is 7.50. The predicted molar refractivity (Wildman–Crippen MR) is 36.7 cm³/mol. The average Bonchev–Trinajstić information content (AvgIpc) is 1.67. The summed E-state index contributed by atoms with van der Waals surface area (Å²) in [5, 5.41) is 0. The molecule has 0 aliphatic heterocycles. The van der Waals surface area contributed by atoms with E-state index in [4.69, 9.17) is 11.5 Å². The smallest absolute Gasteiger partial charge is 0.671 e. The Labute approximate surface area is 69.5 Å². The molecule has 0 bridgehead atoms. The minimum absolute atomic E-state index is 0. The van der Waals surface area contributed by atoms with Crippen LogP contribution in [0.1, 0.15) is 27.2 Å². The van der Waals surface area contributed by atoms with Crippen LogP contribution in [0.15, 0.2) is 0 Å². The quantitative estimate of drug-likeness (QED) is 0.448. The van der Waals surface area contributed by atoms with Gasteiger partial charge in [-0.05, 0) is 6.04 Å². The molecule has 0 amide bonds. The molecule has 0 saturated heterocycles. The topological polar surface area (TPSA) is 49.8 Å². The van der Waals surface area contributed by atoms with E-state index in [9.17, 15) is 0 Å². The third-order valence-corrected chi connectivity index (χ3v) is 1.74. The van der Waals surface area contributed by atoms with Crippen molar-refractivity contribution in [2.45, 2.75) is 38.8 Å². The second-order valence-electron chi connectivity index (χ2n) is 2.56. The van der Waals surface area contributed by atoms with Crippen molar-refractivity contribution >= 4 is 0 Å². The van der Waals surface area contributed by atoms with E-state index in [1.807, 2.05) is 20.8 Å². The molecule has 9 heavy (non-hydrogen) atoms. The number of nitrogens with one attached hydrogen (secondary N) is 1. The summed E-state index contributed by atoms with van der Waals surface area (Å²) in [4.78, 5) is 0. The van der Waals surface area contributed by atoms with E-state index >= 15 is 0 Å². The molecular formula is C6H15LiN2. The molecule has 3 N–H and O–H groups in total. The summed E-state index contributed by atoms with van der Waals surface area (Å²) in [5.74, 6) is 0. The molecule has 0 aliphatic rings. The van der Waals surface area contributed by atoms with Crippen LogP contribution >= 0.6 is 0 Å². The first-order valence-electron chi connectivity index (χ1n) is 3.01. The number of hydrogen-bond acceptors (Lipinski definition) is 1. The summed E-state index contributed by atoms with van der Waals surface area (Å²) < 4.78 is 0. The van der Waals surface area contributed by atoms with E-state index in [-0.39, 0.29) is 24.9 Å². The molecule has 0 saturated carbocycles. The van der Waals surface area contributed by atoms with Crippen LogP contribution in [0, 0.1) is 0 Å². The van der Waals surface area contributed by atoms with Gasteiger partial charge in [0.1, 0.15) is 0 Å². The largest absolute Gasteiger partial charge is 1.00 e. The van der Waals surface area contributed by atoms with Gasteiger partial charge in [0.2, 0.25) is 0 Å². The summed E-state index contributed by atoms with van der Waals surface area (Å²) in [6.45, 7) is 5.71. The van der Waals surface area contributed by atoms with Crippen molar-refractivity contribution in [1.82, 2.24) is 0 Å². The molecule has 0 heterocycles. The molecule has 0 rings (SSSR count). The zero-order valence-corrected chi connectivity index (χ0v) is 6.86. The Morgan fingerprint density at radius 3 is 2.00 bits per heavy atom. The van der Waals surface area contributed by atoms with Gasteiger partial charge in [0.15, 0.2) is 0 Å². The van der Waals surface area contributed by atoms with Crippen LogP contribution < -0.4 is 24.6 Å².